The third-order valence-electron chi connectivity index (χ3n) is 3.47. The van der Waals surface area contributed by atoms with Crippen LogP contribution in [0.2, 0.25) is 0 Å². The van der Waals surface area contributed by atoms with Gasteiger partial charge in [-0.1, -0.05) is 26.7 Å². The lowest BCUT2D eigenvalue weighted by Crippen LogP contribution is -1.99. The number of nitrogens with zero attached hydrogens (tertiary/aromatic N) is 2. The summed E-state index contributed by atoms with van der Waals surface area (Å²) in [6.07, 6.45) is 8.84. The Morgan fingerprint density at radius 2 is 1.77 bits per heavy atom. The molecular weight excluding hydrogens is 279 g/mol. The third-order valence-corrected chi connectivity index (χ3v) is 3.47. The molecule has 1 aromatic carbocycles. The standard InChI is InChI=1S/C18H23FN2O/c1-3-5-7-14-12-20-18(21-13-14)15-8-9-17(16(19)11-15)22-10-6-4-2/h8-9,11-13H,3-7,10H2,1-2H3. The Morgan fingerprint density at radius 1 is 1.05 bits per heavy atom. The number of aryl methyl sites for hydroxylation is 1. The molecule has 118 valence electrons. The van der Waals surface area contributed by atoms with Gasteiger partial charge >= 0.3 is 0 Å². The van der Waals surface area contributed by atoms with Crippen LogP contribution in [0, 0.1) is 5.82 Å². The molecule has 1 aromatic heterocycles. The van der Waals surface area contributed by atoms with Gasteiger partial charge in [0.25, 0.3) is 0 Å². The Labute approximate surface area is 131 Å². The van der Waals surface area contributed by atoms with Gasteiger partial charge in [0.2, 0.25) is 0 Å². The van der Waals surface area contributed by atoms with E-state index in [1.54, 1.807) is 12.1 Å². The molecule has 0 atom stereocenters. The summed E-state index contributed by atoms with van der Waals surface area (Å²) in [4.78, 5) is 8.66. The third kappa shape index (κ3) is 4.52. The minimum atomic E-state index is -0.368. The second-order valence-corrected chi connectivity index (χ2v) is 5.37. The zero-order valence-electron chi connectivity index (χ0n) is 13.3. The summed E-state index contributed by atoms with van der Waals surface area (Å²) in [5.74, 6) is 0.461. The quantitative estimate of drug-likeness (QED) is 0.657. The average Bonchev–Trinajstić information content (AvgIpc) is 2.55. The Hall–Kier alpha value is -1.97. The van der Waals surface area contributed by atoms with Gasteiger partial charge in [-0.2, -0.15) is 0 Å². The van der Waals surface area contributed by atoms with E-state index in [-0.39, 0.29) is 11.6 Å². The van der Waals surface area contributed by atoms with Gasteiger partial charge in [0.15, 0.2) is 17.4 Å². The maximum atomic E-state index is 14.0. The number of rotatable bonds is 8. The van der Waals surface area contributed by atoms with E-state index in [0.717, 1.165) is 37.7 Å². The highest BCUT2D eigenvalue weighted by molar-refractivity contribution is 5.56. The Kier molecular flexibility index (Phi) is 6.31. The van der Waals surface area contributed by atoms with E-state index in [1.165, 1.54) is 6.07 Å². The lowest BCUT2D eigenvalue weighted by Gasteiger charge is -2.08. The number of ether oxygens (including phenoxy) is 1. The molecule has 2 rings (SSSR count). The largest absolute Gasteiger partial charge is 0.491 e. The van der Waals surface area contributed by atoms with E-state index >= 15 is 0 Å². The van der Waals surface area contributed by atoms with Crippen molar-refractivity contribution in [3.8, 4) is 17.1 Å². The van der Waals surface area contributed by atoms with Crippen molar-refractivity contribution in [2.24, 2.45) is 0 Å². The van der Waals surface area contributed by atoms with E-state index in [2.05, 4.69) is 23.8 Å². The molecule has 2 aromatic rings. The minimum Gasteiger partial charge on any atom is -0.491 e. The summed E-state index contributed by atoms with van der Waals surface area (Å²) < 4.78 is 19.4. The Balaban J connectivity index is 2.07. The van der Waals surface area contributed by atoms with Gasteiger partial charge in [0.1, 0.15) is 0 Å². The second-order valence-electron chi connectivity index (χ2n) is 5.37. The fourth-order valence-electron chi connectivity index (χ4n) is 2.10. The normalized spacial score (nSPS) is 10.7. The maximum absolute atomic E-state index is 14.0. The number of hydrogen-bond acceptors (Lipinski definition) is 3. The molecule has 0 unspecified atom stereocenters. The summed E-state index contributed by atoms with van der Waals surface area (Å²) in [5.41, 5.74) is 1.79. The monoisotopic (exact) mass is 302 g/mol. The molecule has 0 spiro atoms. The first kappa shape index (κ1) is 16.4. The molecule has 0 aliphatic rings. The number of aromatic nitrogens is 2. The van der Waals surface area contributed by atoms with E-state index < -0.39 is 0 Å². The summed E-state index contributed by atoms with van der Waals surface area (Å²) in [7, 11) is 0. The van der Waals surface area contributed by atoms with Crippen LogP contribution < -0.4 is 4.74 Å². The molecular formula is C18H23FN2O. The first-order chi connectivity index (χ1) is 10.7. The number of unbranched alkanes of at least 4 members (excludes halogenated alkanes) is 2. The topological polar surface area (TPSA) is 35.0 Å². The Bertz CT molecular complexity index is 584. The van der Waals surface area contributed by atoms with Crippen molar-refractivity contribution >= 4 is 0 Å². The van der Waals surface area contributed by atoms with Gasteiger partial charge in [0.05, 0.1) is 6.61 Å². The first-order valence-electron chi connectivity index (χ1n) is 7.98. The molecule has 0 saturated heterocycles. The molecule has 0 aliphatic heterocycles. The first-order valence-corrected chi connectivity index (χ1v) is 7.98. The van der Waals surface area contributed by atoms with Crippen molar-refractivity contribution < 1.29 is 9.13 Å². The van der Waals surface area contributed by atoms with Crippen LogP contribution in [0.25, 0.3) is 11.4 Å². The number of benzene rings is 1. The molecule has 0 amide bonds. The fourth-order valence-corrected chi connectivity index (χ4v) is 2.10. The molecule has 0 radical (unpaired) electrons. The second kappa shape index (κ2) is 8.47. The van der Waals surface area contributed by atoms with Crippen LogP contribution in [0.15, 0.2) is 30.6 Å². The van der Waals surface area contributed by atoms with Crippen molar-refractivity contribution in [3.05, 3.63) is 42.0 Å². The van der Waals surface area contributed by atoms with E-state index in [1.807, 2.05) is 12.4 Å². The predicted octanol–water partition coefficient (Wildman–Crippen LogP) is 4.80. The molecule has 4 heteroatoms. The summed E-state index contributed by atoms with van der Waals surface area (Å²) in [5, 5.41) is 0. The summed E-state index contributed by atoms with van der Waals surface area (Å²) in [6.45, 7) is 4.77. The summed E-state index contributed by atoms with van der Waals surface area (Å²) in [6, 6.07) is 4.88. The van der Waals surface area contributed by atoms with Gasteiger partial charge in [-0.15, -0.1) is 0 Å². The molecule has 0 bridgehead atoms. The van der Waals surface area contributed by atoms with Crippen LogP contribution in [0.4, 0.5) is 4.39 Å². The molecule has 22 heavy (non-hydrogen) atoms. The van der Waals surface area contributed by atoms with E-state index in [0.29, 0.717) is 18.0 Å². The molecule has 3 nitrogen and oxygen atoms in total. The van der Waals surface area contributed by atoms with Gasteiger partial charge in [-0.3, -0.25) is 0 Å². The SMILES string of the molecule is CCCCOc1ccc(-c2ncc(CCCC)cn2)cc1F. The molecule has 0 saturated carbocycles. The highest BCUT2D eigenvalue weighted by atomic mass is 19.1. The van der Waals surface area contributed by atoms with Crippen molar-refractivity contribution in [1.82, 2.24) is 9.97 Å². The molecule has 1 heterocycles. The lowest BCUT2D eigenvalue weighted by molar-refractivity contribution is 0.294. The molecule has 0 fully saturated rings. The Morgan fingerprint density at radius 3 is 2.41 bits per heavy atom. The average molecular weight is 302 g/mol. The lowest BCUT2D eigenvalue weighted by atomic mass is 10.1. The summed E-state index contributed by atoms with van der Waals surface area (Å²) >= 11 is 0. The van der Waals surface area contributed by atoms with Crippen LogP contribution in [-0.2, 0) is 6.42 Å². The van der Waals surface area contributed by atoms with Gasteiger partial charge < -0.3 is 4.74 Å². The smallest absolute Gasteiger partial charge is 0.165 e. The minimum absolute atomic E-state index is 0.289. The van der Waals surface area contributed by atoms with Crippen molar-refractivity contribution in [2.75, 3.05) is 6.61 Å². The molecule has 0 N–H and O–H groups in total. The van der Waals surface area contributed by atoms with Crippen molar-refractivity contribution in [1.29, 1.82) is 0 Å². The van der Waals surface area contributed by atoms with Gasteiger partial charge in [0, 0.05) is 18.0 Å². The zero-order chi connectivity index (χ0) is 15.8. The predicted molar refractivity (Wildman–Crippen MR) is 86.4 cm³/mol. The van der Waals surface area contributed by atoms with Gasteiger partial charge in [-0.05, 0) is 43.0 Å². The fraction of sp³-hybridized carbons (Fsp3) is 0.444. The van der Waals surface area contributed by atoms with Crippen molar-refractivity contribution in [3.63, 3.8) is 0 Å². The van der Waals surface area contributed by atoms with E-state index in [9.17, 15) is 4.39 Å². The van der Waals surface area contributed by atoms with E-state index in [4.69, 9.17) is 4.74 Å². The van der Waals surface area contributed by atoms with Crippen LogP contribution in [-0.4, -0.2) is 16.6 Å². The van der Waals surface area contributed by atoms with Crippen LogP contribution in [0.1, 0.15) is 45.1 Å². The zero-order valence-corrected chi connectivity index (χ0v) is 13.3. The van der Waals surface area contributed by atoms with Crippen LogP contribution in [0.5, 0.6) is 5.75 Å². The van der Waals surface area contributed by atoms with Crippen LogP contribution in [0.3, 0.4) is 0 Å². The number of hydrogen-bond donors (Lipinski definition) is 0. The maximum Gasteiger partial charge on any atom is 0.165 e. The number of halogens is 1. The van der Waals surface area contributed by atoms with Gasteiger partial charge in [-0.25, -0.2) is 14.4 Å². The van der Waals surface area contributed by atoms with Crippen molar-refractivity contribution in [2.45, 2.75) is 46.0 Å². The highest BCUT2D eigenvalue weighted by Gasteiger charge is 2.08. The highest BCUT2D eigenvalue weighted by Crippen LogP contribution is 2.23. The van der Waals surface area contributed by atoms with Crippen LogP contribution >= 0.6 is 0 Å². The molecule has 0 aliphatic carbocycles.